The fraction of sp³-hybridized carbons (Fsp3) is 0.349. The number of rotatable bonds is 7. The highest BCUT2D eigenvalue weighted by atomic mass is 35.5. The number of hydrogen-bond acceptors (Lipinski definition) is 12. The van der Waals surface area contributed by atoms with E-state index in [0.717, 1.165) is 31.1 Å². The average Bonchev–Trinajstić information content (AvgIpc) is 3.68. The molecule has 5 heterocycles. The smallest absolute Gasteiger partial charge is 0.260 e. The normalized spacial score (nSPS) is 19.2. The lowest BCUT2D eigenvalue weighted by Gasteiger charge is -2.39. The second-order valence-electron chi connectivity index (χ2n) is 14.7. The minimum Gasteiger partial charge on any atom is -0.507 e. The minimum atomic E-state index is -0.630. The number of methoxy groups -OCH3 is 2. The number of phenols is 1. The fourth-order valence-corrected chi connectivity index (χ4v) is 7.62. The van der Waals surface area contributed by atoms with Crippen LogP contribution in [0.15, 0.2) is 66.7 Å². The Morgan fingerprint density at radius 3 is 2.36 bits per heavy atom. The Kier molecular flexibility index (Phi) is 11.8. The second kappa shape index (κ2) is 16.8. The van der Waals surface area contributed by atoms with Crippen molar-refractivity contribution in [3.05, 3.63) is 94.0 Å². The summed E-state index contributed by atoms with van der Waals surface area (Å²) in [6, 6.07) is 18.0. The number of carbonyl (C=O) groups is 2. The molecule has 2 atom stereocenters. The Morgan fingerprint density at radius 1 is 0.897 bits per heavy atom. The van der Waals surface area contributed by atoms with Crippen molar-refractivity contribution < 1.29 is 52.6 Å². The molecule has 9 rings (SSSR count). The van der Waals surface area contributed by atoms with Gasteiger partial charge in [-0.15, -0.1) is 12.4 Å². The lowest BCUT2D eigenvalue weighted by molar-refractivity contribution is -0.135. The van der Waals surface area contributed by atoms with E-state index in [1.165, 1.54) is 18.7 Å². The van der Waals surface area contributed by atoms with Crippen molar-refractivity contribution in [1.82, 2.24) is 9.80 Å². The van der Waals surface area contributed by atoms with E-state index in [2.05, 4.69) is 11.0 Å². The van der Waals surface area contributed by atoms with Gasteiger partial charge in [0.25, 0.3) is 5.91 Å². The first-order valence-electron chi connectivity index (χ1n) is 18.6. The van der Waals surface area contributed by atoms with Gasteiger partial charge < -0.3 is 47.9 Å². The maximum absolute atomic E-state index is 13.6. The molecule has 58 heavy (non-hydrogen) atoms. The van der Waals surface area contributed by atoms with Crippen LogP contribution in [0.5, 0.6) is 51.7 Å². The number of fused-ring (bicyclic) bond motifs is 7. The van der Waals surface area contributed by atoms with Crippen molar-refractivity contribution >= 4 is 41.8 Å². The highest BCUT2D eigenvalue weighted by Crippen LogP contribution is 2.52. The van der Waals surface area contributed by atoms with Crippen LogP contribution in [0.1, 0.15) is 46.8 Å². The summed E-state index contributed by atoms with van der Waals surface area (Å²) in [7, 11) is 3.07. The maximum Gasteiger partial charge on any atom is 0.260 e. The highest BCUT2D eigenvalue weighted by molar-refractivity contribution is 6.30. The van der Waals surface area contributed by atoms with Gasteiger partial charge in [-0.1, -0.05) is 17.7 Å². The largest absolute Gasteiger partial charge is 0.507 e. The average molecular weight is 836 g/mol. The third-order valence-electron chi connectivity index (χ3n) is 10.5. The summed E-state index contributed by atoms with van der Waals surface area (Å²) in [5.74, 6) is 3.60. The molecule has 0 aliphatic carbocycles. The van der Waals surface area contributed by atoms with E-state index in [-0.39, 0.29) is 55.4 Å². The molecule has 5 aliphatic heterocycles. The molecule has 2 unspecified atom stereocenters. The Labute approximate surface area is 347 Å². The molecular formula is C43H44Cl2N2O11. The standard InChI is InChI=1S/C23H22O7.C20H21ClN2O4.ClH/c1-23(2)6-5-11-15(30-23)8-13(24)20-21(25)19-12-7-16(26-3)17(27-4)9-14(12)28-10-18(19)29-22(11)20;21-16-2-4-17(5-3-16)25-13-20(24)23-9-7-22(8-10-23)12-15-1-6-18-19(11-15)27-14-26-18;/h5-9,18-19,24H,10H2,1-4H3;1-6,11H,7-10,12-14H2;1H. The molecule has 0 radical (unpaired) electrons. The number of nitrogens with zero attached hydrogens (tertiary/aromatic N) is 2. The third kappa shape index (κ3) is 8.25. The molecule has 1 amide bonds. The van der Waals surface area contributed by atoms with Crippen LogP contribution in [-0.4, -0.2) is 98.7 Å². The monoisotopic (exact) mass is 834 g/mol. The van der Waals surface area contributed by atoms with Crippen LogP contribution in [0.25, 0.3) is 6.08 Å². The topological polar surface area (TPSA) is 135 Å². The van der Waals surface area contributed by atoms with Crippen molar-refractivity contribution in [3.63, 3.8) is 0 Å². The molecule has 15 heteroatoms. The zero-order chi connectivity index (χ0) is 39.8. The minimum absolute atomic E-state index is 0. The number of halogens is 2. The molecule has 1 N–H and O–H groups in total. The van der Waals surface area contributed by atoms with Crippen molar-refractivity contribution in [1.29, 1.82) is 0 Å². The van der Waals surface area contributed by atoms with Gasteiger partial charge in [-0.3, -0.25) is 14.5 Å². The van der Waals surface area contributed by atoms with Crippen LogP contribution in [-0.2, 0) is 11.3 Å². The number of ketones is 1. The zero-order valence-corrected chi connectivity index (χ0v) is 34.0. The molecule has 0 saturated carbocycles. The van der Waals surface area contributed by atoms with Gasteiger partial charge in [-0.25, -0.2) is 0 Å². The molecular weight excluding hydrogens is 791 g/mol. The number of amides is 1. The van der Waals surface area contributed by atoms with E-state index in [1.54, 1.807) is 43.5 Å². The number of aromatic hydroxyl groups is 1. The van der Waals surface area contributed by atoms with Crippen molar-refractivity contribution in [2.24, 2.45) is 0 Å². The molecule has 0 aromatic heterocycles. The number of ether oxygens (including phenoxy) is 8. The molecule has 4 aromatic carbocycles. The van der Waals surface area contributed by atoms with Crippen LogP contribution >= 0.6 is 24.0 Å². The van der Waals surface area contributed by atoms with Gasteiger partial charge in [0.2, 0.25) is 6.79 Å². The first-order chi connectivity index (χ1) is 27.5. The van der Waals surface area contributed by atoms with Crippen LogP contribution in [0.4, 0.5) is 0 Å². The van der Waals surface area contributed by atoms with Crippen LogP contribution < -0.4 is 37.9 Å². The number of Topliss-reactive ketones (excluding diaryl/α,β-unsaturated/α-hetero) is 1. The summed E-state index contributed by atoms with van der Waals surface area (Å²) >= 11 is 5.85. The van der Waals surface area contributed by atoms with Crippen LogP contribution in [0, 0.1) is 0 Å². The summed E-state index contributed by atoms with van der Waals surface area (Å²) in [5, 5.41) is 11.3. The maximum atomic E-state index is 13.6. The van der Waals surface area contributed by atoms with Crippen molar-refractivity contribution in [2.75, 3.05) is 60.4 Å². The Hall–Kier alpha value is -5.50. The quantitative estimate of drug-likeness (QED) is 0.207. The Bertz CT molecular complexity index is 2220. The SMILES string of the molecule is COc1cc2c(cc1OC)C1C(=O)c3c(O)cc4c(c3OC1CO2)C=CC(C)(C)O4.Cl.O=C(COc1ccc(Cl)cc1)N1CCN(Cc2ccc3c(c2)OCO3)CC1. The number of phenolic OH excluding ortho intramolecular Hbond substituents is 1. The van der Waals surface area contributed by atoms with E-state index in [0.29, 0.717) is 63.7 Å². The van der Waals surface area contributed by atoms with Gasteiger partial charge in [0.05, 0.1) is 25.7 Å². The van der Waals surface area contributed by atoms with E-state index in [4.69, 9.17) is 49.5 Å². The number of piperazine rings is 1. The Balaban J connectivity index is 0.000000175. The van der Waals surface area contributed by atoms with Gasteiger partial charge in [0, 0.05) is 55.4 Å². The van der Waals surface area contributed by atoms with E-state index >= 15 is 0 Å². The molecule has 0 spiro atoms. The highest BCUT2D eigenvalue weighted by Gasteiger charge is 2.46. The first-order valence-corrected chi connectivity index (χ1v) is 19.0. The summed E-state index contributed by atoms with van der Waals surface area (Å²) in [6.07, 6.45) is 3.23. The molecule has 5 aliphatic rings. The van der Waals surface area contributed by atoms with Gasteiger partial charge in [-0.2, -0.15) is 0 Å². The third-order valence-corrected chi connectivity index (χ3v) is 10.7. The molecule has 1 saturated heterocycles. The van der Waals surface area contributed by atoms with Crippen LogP contribution in [0.3, 0.4) is 0 Å². The molecule has 306 valence electrons. The van der Waals surface area contributed by atoms with Gasteiger partial charge in [-0.05, 0) is 74.0 Å². The predicted molar refractivity (Wildman–Crippen MR) is 217 cm³/mol. The van der Waals surface area contributed by atoms with E-state index in [1.807, 2.05) is 43.0 Å². The van der Waals surface area contributed by atoms with Gasteiger partial charge in [0.1, 0.15) is 52.6 Å². The van der Waals surface area contributed by atoms with Crippen molar-refractivity contribution in [2.45, 2.75) is 38.0 Å². The second-order valence-corrected chi connectivity index (χ2v) is 15.1. The lowest BCUT2D eigenvalue weighted by atomic mass is 9.80. The fourth-order valence-electron chi connectivity index (χ4n) is 7.49. The van der Waals surface area contributed by atoms with E-state index in [9.17, 15) is 14.7 Å². The molecule has 1 fully saturated rings. The summed E-state index contributed by atoms with van der Waals surface area (Å²) in [6.45, 7) is 8.26. The number of benzene rings is 4. The van der Waals surface area contributed by atoms with Crippen molar-refractivity contribution in [3.8, 4) is 51.7 Å². The van der Waals surface area contributed by atoms with Gasteiger partial charge in [0.15, 0.2) is 35.4 Å². The lowest BCUT2D eigenvalue weighted by Crippen LogP contribution is -2.49. The molecule has 13 nitrogen and oxygen atoms in total. The number of carbonyl (C=O) groups excluding carboxylic acids is 2. The first kappa shape index (κ1) is 40.7. The molecule has 4 aromatic rings. The predicted octanol–water partition coefficient (Wildman–Crippen LogP) is 6.93. The Morgan fingerprint density at radius 2 is 1.62 bits per heavy atom. The van der Waals surface area contributed by atoms with Crippen LogP contribution in [0.2, 0.25) is 5.02 Å². The summed E-state index contributed by atoms with van der Waals surface area (Å²) < 4.78 is 45.1. The molecule has 0 bridgehead atoms. The summed E-state index contributed by atoms with van der Waals surface area (Å²) in [5.41, 5.74) is 2.12. The van der Waals surface area contributed by atoms with E-state index < -0.39 is 17.6 Å². The zero-order valence-electron chi connectivity index (χ0n) is 32.5. The number of hydrogen-bond donors (Lipinski definition) is 1. The van der Waals surface area contributed by atoms with Gasteiger partial charge >= 0.3 is 0 Å². The summed E-state index contributed by atoms with van der Waals surface area (Å²) in [4.78, 5) is 30.1.